The van der Waals surface area contributed by atoms with Crippen LogP contribution in [0.5, 0.6) is 5.75 Å². The number of benzene rings is 1. The van der Waals surface area contributed by atoms with Crippen LogP contribution in [-0.4, -0.2) is 34.0 Å². The molecular formula is C11H11BrF3NO5. The van der Waals surface area contributed by atoms with Crippen LogP contribution in [0.2, 0.25) is 0 Å². The van der Waals surface area contributed by atoms with Gasteiger partial charge in [0.25, 0.3) is 0 Å². The molecule has 2 atom stereocenters. The first kappa shape index (κ1) is 17.7. The maximum atomic E-state index is 12.2. The van der Waals surface area contributed by atoms with Crippen molar-refractivity contribution in [2.75, 3.05) is 6.61 Å². The molecule has 0 heterocycles. The van der Waals surface area contributed by atoms with Crippen LogP contribution < -0.4 is 4.74 Å². The van der Waals surface area contributed by atoms with Crippen molar-refractivity contribution < 1.29 is 33.0 Å². The summed E-state index contributed by atoms with van der Waals surface area (Å²) < 4.78 is 41.6. The monoisotopic (exact) mass is 373 g/mol. The van der Waals surface area contributed by atoms with E-state index in [4.69, 9.17) is 9.84 Å². The number of alkyl halides is 3. The van der Waals surface area contributed by atoms with E-state index in [1.54, 1.807) is 0 Å². The van der Waals surface area contributed by atoms with E-state index in [9.17, 15) is 28.4 Å². The fourth-order valence-electron chi connectivity index (χ4n) is 1.46. The van der Waals surface area contributed by atoms with Gasteiger partial charge in [0.1, 0.15) is 6.61 Å². The average Bonchev–Trinajstić information content (AvgIpc) is 2.34. The Kier molecular flexibility index (Phi) is 5.54. The molecule has 21 heavy (non-hydrogen) atoms. The van der Waals surface area contributed by atoms with Crippen LogP contribution in [0.4, 0.5) is 18.9 Å². The Balaban J connectivity index is 3.17. The summed E-state index contributed by atoms with van der Waals surface area (Å²) in [6.45, 7) is 0.0598. The Morgan fingerprint density at radius 2 is 2.00 bits per heavy atom. The molecule has 0 saturated heterocycles. The third kappa shape index (κ3) is 4.55. The van der Waals surface area contributed by atoms with Crippen LogP contribution in [0.3, 0.4) is 0 Å². The molecule has 0 spiro atoms. The Morgan fingerprint density at radius 1 is 1.43 bits per heavy atom. The van der Waals surface area contributed by atoms with Crippen molar-refractivity contribution in [3.8, 4) is 5.75 Å². The molecule has 0 saturated carbocycles. The zero-order chi connectivity index (χ0) is 16.4. The van der Waals surface area contributed by atoms with Gasteiger partial charge >= 0.3 is 11.9 Å². The number of nitro groups is 1. The fourth-order valence-corrected chi connectivity index (χ4v) is 1.92. The third-order valence-corrected chi connectivity index (χ3v) is 2.93. The number of nitrogens with zero attached hydrogens (tertiary/aromatic N) is 1. The standard InChI is InChI=1S/C11H11BrF3NO5/c1-5(17)7-2-6(12)3-8(16(19)20)10(7)21-4-9(18)11(13,14)15/h2-3,5,9,17-18H,4H2,1H3. The minimum absolute atomic E-state index is 0.0644. The maximum absolute atomic E-state index is 12.2. The van der Waals surface area contributed by atoms with Gasteiger partial charge in [0.05, 0.1) is 11.0 Å². The number of ether oxygens (including phenoxy) is 1. The van der Waals surface area contributed by atoms with Gasteiger partial charge in [-0.05, 0) is 13.0 Å². The molecular weight excluding hydrogens is 363 g/mol. The van der Waals surface area contributed by atoms with Gasteiger partial charge in [-0.1, -0.05) is 15.9 Å². The van der Waals surface area contributed by atoms with E-state index in [0.29, 0.717) is 0 Å². The average molecular weight is 374 g/mol. The number of halogens is 4. The van der Waals surface area contributed by atoms with Crippen LogP contribution in [-0.2, 0) is 0 Å². The van der Waals surface area contributed by atoms with Gasteiger partial charge in [0.2, 0.25) is 5.75 Å². The van der Waals surface area contributed by atoms with Crippen molar-refractivity contribution in [2.45, 2.75) is 25.3 Å². The predicted octanol–water partition coefficient (Wildman–Crippen LogP) is 2.71. The number of rotatable bonds is 5. The fraction of sp³-hybridized carbons (Fsp3) is 0.455. The zero-order valence-electron chi connectivity index (χ0n) is 10.6. The number of hydrogen-bond donors (Lipinski definition) is 2. The maximum Gasteiger partial charge on any atom is 0.417 e. The summed E-state index contributed by atoms with van der Waals surface area (Å²) in [4.78, 5) is 10.1. The second-order valence-corrected chi connectivity index (χ2v) is 5.06. The topological polar surface area (TPSA) is 92.8 Å². The van der Waals surface area contributed by atoms with Crippen LogP contribution >= 0.6 is 15.9 Å². The molecule has 0 amide bonds. The van der Waals surface area contributed by atoms with Gasteiger partial charge in [0, 0.05) is 16.1 Å². The van der Waals surface area contributed by atoms with Crippen molar-refractivity contribution in [1.82, 2.24) is 0 Å². The first-order valence-corrected chi connectivity index (χ1v) is 6.36. The van der Waals surface area contributed by atoms with Gasteiger partial charge in [-0.25, -0.2) is 0 Å². The smallest absolute Gasteiger partial charge is 0.417 e. The highest BCUT2D eigenvalue weighted by Gasteiger charge is 2.39. The SMILES string of the molecule is CC(O)c1cc(Br)cc([N+](=O)[O-])c1OCC(O)C(F)(F)F. The molecule has 1 aromatic rings. The van der Waals surface area contributed by atoms with Crippen LogP contribution in [0.15, 0.2) is 16.6 Å². The van der Waals surface area contributed by atoms with E-state index in [-0.39, 0.29) is 10.0 Å². The molecule has 0 aliphatic heterocycles. The number of hydrogen-bond acceptors (Lipinski definition) is 5. The molecule has 0 radical (unpaired) electrons. The Labute approximate surface area is 125 Å². The minimum atomic E-state index is -4.91. The van der Waals surface area contributed by atoms with E-state index < -0.39 is 41.4 Å². The van der Waals surface area contributed by atoms with Gasteiger partial charge in [0.15, 0.2) is 6.10 Å². The minimum Gasteiger partial charge on any atom is -0.483 e. The van der Waals surface area contributed by atoms with Crippen molar-refractivity contribution in [3.63, 3.8) is 0 Å². The lowest BCUT2D eigenvalue weighted by molar-refractivity contribution is -0.386. The summed E-state index contributed by atoms with van der Waals surface area (Å²) in [5, 5.41) is 29.3. The highest BCUT2D eigenvalue weighted by Crippen LogP contribution is 2.38. The first-order chi connectivity index (χ1) is 9.54. The molecule has 0 aliphatic rings. The zero-order valence-corrected chi connectivity index (χ0v) is 12.2. The highest BCUT2D eigenvalue weighted by molar-refractivity contribution is 9.10. The first-order valence-electron chi connectivity index (χ1n) is 5.57. The highest BCUT2D eigenvalue weighted by atomic mass is 79.9. The molecule has 0 aliphatic carbocycles. The summed E-state index contributed by atoms with van der Waals surface area (Å²) in [6.07, 6.45) is -8.91. The van der Waals surface area contributed by atoms with E-state index >= 15 is 0 Å². The molecule has 0 bridgehead atoms. The molecule has 0 fully saturated rings. The molecule has 1 aromatic carbocycles. The molecule has 2 N–H and O–H groups in total. The van der Waals surface area contributed by atoms with E-state index in [2.05, 4.69) is 15.9 Å². The van der Waals surface area contributed by atoms with E-state index in [1.165, 1.54) is 13.0 Å². The lowest BCUT2D eigenvalue weighted by Gasteiger charge is -2.18. The lowest BCUT2D eigenvalue weighted by atomic mass is 10.1. The van der Waals surface area contributed by atoms with Gasteiger partial charge < -0.3 is 14.9 Å². The molecule has 1 rings (SSSR count). The number of aliphatic hydroxyl groups is 2. The summed E-state index contributed by atoms with van der Waals surface area (Å²) in [7, 11) is 0. The number of aliphatic hydroxyl groups excluding tert-OH is 2. The quantitative estimate of drug-likeness (QED) is 0.611. The summed E-state index contributed by atoms with van der Waals surface area (Å²) in [5.41, 5.74) is -0.680. The summed E-state index contributed by atoms with van der Waals surface area (Å²) in [6, 6.07) is 2.31. The van der Waals surface area contributed by atoms with Gasteiger partial charge in [-0.2, -0.15) is 13.2 Å². The Hall–Kier alpha value is -1.39. The summed E-state index contributed by atoms with van der Waals surface area (Å²) in [5.74, 6) is -0.512. The van der Waals surface area contributed by atoms with Crippen molar-refractivity contribution in [3.05, 3.63) is 32.3 Å². The second-order valence-electron chi connectivity index (χ2n) is 4.14. The molecule has 118 valence electrons. The number of nitro benzene ring substituents is 1. The van der Waals surface area contributed by atoms with Gasteiger partial charge in [-0.3, -0.25) is 10.1 Å². The van der Waals surface area contributed by atoms with E-state index in [0.717, 1.165) is 6.07 Å². The Morgan fingerprint density at radius 3 is 2.43 bits per heavy atom. The second kappa shape index (κ2) is 6.58. The van der Waals surface area contributed by atoms with E-state index in [1.807, 2.05) is 0 Å². The molecule has 2 unspecified atom stereocenters. The predicted molar refractivity (Wildman–Crippen MR) is 69.0 cm³/mol. The van der Waals surface area contributed by atoms with Crippen LogP contribution in [0.1, 0.15) is 18.6 Å². The van der Waals surface area contributed by atoms with Crippen molar-refractivity contribution >= 4 is 21.6 Å². The Bertz CT molecular complexity index is 535. The molecule has 10 heteroatoms. The van der Waals surface area contributed by atoms with Crippen LogP contribution in [0, 0.1) is 10.1 Å². The normalized spacial score (nSPS) is 14.6. The molecule has 6 nitrogen and oxygen atoms in total. The largest absolute Gasteiger partial charge is 0.483 e. The van der Waals surface area contributed by atoms with Crippen molar-refractivity contribution in [2.24, 2.45) is 0 Å². The lowest BCUT2D eigenvalue weighted by Crippen LogP contribution is -2.34. The van der Waals surface area contributed by atoms with Gasteiger partial charge in [-0.15, -0.1) is 0 Å². The summed E-state index contributed by atoms with van der Waals surface area (Å²) >= 11 is 3.00. The third-order valence-electron chi connectivity index (χ3n) is 2.47. The molecule has 0 aromatic heterocycles. The van der Waals surface area contributed by atoms with Crippen molar-refractivity contribution in [1.29, 1.82) is 0 Å². The van der Waals surface area contributed by atoms with Crippen LogP contribution in [0.25, 0.3) is 0 Å².